The molecule has 0 unspecified atom stereocenters. The van der Waals surface area contributed by atoms with Crippen LogP contribution in [0.3, 0.4) is 0 Å². The van der Waals surface area contributed by atoms with Crippen molar-refractivity contribution >= 4 is 11.8 Å². The molecule has 0 aliphatic carbocycles. The van der Waals surface area contributed by atoms with E-state index in [0.717, 1.165) is 5.56 Å². The van der Waals surface area contributed by atoms with Crippen molar-refractivity contribution < 1.29 is 18.7 Å². The lowest BCUT2D eigenvalue weighted by atomic mass is 10.1. The number of morpholine rings is 1. The maximum absolute atomic E-state index is 13.9. The zero-order valence-electron chi connectivity index (χ0n) is 13.2. The Morgan fingerprint density at radius 1 is 1.26 bits per heavy atom. The predicted octanol–water partition coefficient (Wildman–Crippen LogP) is 1.41. The van der Waals surface area contributed by atoms with Gasteiger partial charge < -0.3 is 14.5 Å². The Hall–Kier alpha value is -1.95. The van der Waals surface area contributed by atoms with E-state index in [2.05, 4.69) is 0 Å². The van der Waals surface area contributed by atoms with Crippen LogP contribution in [0.4, 0.5) is 4.39 Å². The fraction of sp³-hybridized carbons (Fsp3) is 0.529. The van der Waals surface area contributed by atoms with Gasteiger partial charge in [-0.05, 0) is 19.1 Å². The number of rotatable bonds is 2. The van der Waals surface area contributed by atoms with Crippen LogP contribution in [0.1, 0.15) is 22.3 Å². The summed E-state index contributed by atoms with van der Waals surface area (Å²) in [6.07, 6.45) is -1.08. The Bertz CT molecular complexity index is 601. The van der Waals surface area contributed by atoms with Crippen molar-refractivity contribution in [1.82, 2.24) is 9.80 Å². The van der Waals surface area contributed by atoms with Crippen LogP contribution in [-0.2, 0) is 9.53 Å². The highest BCUT2D eigenvalue weighted by atomic mass is 19.1. The second kappa shape index (κ2) is 6.66. The van der Waals surface area contributed by atoms with Gasteiger partial charge in [0.05, 0.1) is 19.8 Å². The van der Waals surface area contributed by atoms with Crippen LogP contribution >= 0.6 is 0 Å². The summed E-state index contributed by atoms with van der Waals surface area (Å²) in [5.74, 6) is -0.449. The van der Waals surface area contributed by atoms with E-state index in [4.69, 9.17) is 4.74 Å². The van der Waals surface area contributed by atoms with Gasteiger partial charge in [-0.15, -0.1) is 0 Å². The molecule has 1 aromatic carbocycles. The van der Waals surface area contributed by atoms with E-state index in [0.29, 0.717) is 31.9 Å². The van der Waals surface area contributed by atoms with Gasteiger partial charge in [0.2, 0.25) is 5.91 Å². The third-order valence-electron chi connectivity index (χ3n) is 4.38. The number of likely N-dealkylation sites (tertiary alicyclic amines) is 1. The maximum atomic E-state index is 13.9. The first-order chi connectivity index (χ1) is 11.1. The number of benzene rings is 1. The van der Waals surface area contributed by atoms with Gasteiger partial charge >= 0.3 is 0 Å². The second-order valence-corrected chi connectivity index (χ2v) is 6.11. The molecule has 0 N–H and O–H groups in total. The first-order valence-electron chi connectivity index (χ1n) is 7.94. The van der Waals surface area contributed by atoms with Gasteiger partial charge in [-0.3, -0.25) is 9.59 Å². The SMILES string of the molecule is Cc1cccc(C(=O)N2C[C@@H](F)C[C@H]2C(=O)N2CCOCC2)c1. The summed E-state index contributed by atoms with van der Waals surface area (Å²) in [4.78, 5) is 28.4. The van der Waals surface area contributed by atoms with Crippen molar-refractivity contribution in [2.45, 2.75) is 25.6 Å². The standard InChI is InChI=1S/C17H21FN2O3/c1-12-3-2-4-13(9-12)16(21)20-11-14(18)10-15(20)17(22)19-5-7-23-8-6-19/h2-4,9,14-15H,5-8,10-11H2,1H3/t14-,15-/m0/s1. The fourth-order valence-corrected chi connectivity index (χ4v) is 3.18. The van der Waals surface area contributed by atoms with Crippen molar-refractivity contribution in [1.29, 1.82) is 0 Å². The molecule has 2 aliphatic heterocycles. The lowest BCUT2D eigenvalue weighted by Crippen LogP contribution is -2.51. The molecule has 2 fully saturated rings. The highest BCUT2D eigenvalue weighted by molar-refractivity contribution is 5.98. The summed E-state index contributed by atoms with van der Waals surface area (Å²) in [6, 6.07) is 6.46. The number of nitrogens with zero attached hydrogens (tertiary/aromatic N) is 2. The number of ether oxygens (including phenoxy) is 1. The van der Waals surface area contributed by atoms with Crippen molar-refractivity contribution in [2.75, 3.05) is 32.8 Å². The molecular formula is C17H21FN2O3. The molecule has 3 rings (SSSR count). The number of halogens is 1. The van der Waals surface area contributed by atoms with E-state index in [1.807, 2.05) is 13.0 Å². The molecule has 2 atom stereocenters. The lowest BCUT2D eigenvalue weighted by molar-refractivity contribution is -0.139. The Kier molecular flexibility index (Phi) is 4.61. The molecule has 0 aromatic heterocycles. The van der Waals surface area contributed by atoms with Crippen LogP contribution in [-0.4, -0.2) is 66.7 Å². The molecule has 2 aliphatic rings. The van der Waals surface area contributed by atoms with E-state index in [1.165, 1.54) is 4.90 Å². The van der Waals surface area contributed by atoms with Crippen LogP contribution in [0, 0.1) is 6.92 Å². The molecule has 5 nitrogen and oxygen atoms in total. The van der Waals surface area contributed by atoms with Crippen LogP contribution < -0.4 is 0 Å². The van der Waals surface area contributed by atoms with Crippen LogP contribution in [0.25, 0.3) is 0 Å². The number of hydrogen-bond donors (Lipinski definition) is 0. The minimum atomic E-state index is -1.15. The number of aryl methyl sites for hydroxylation is 1. The Balaban J connectivity index is 1.79. The molecule has 124 valence electrons. The third-order valence-corrected chi connectivity index (χ3v) is 4.38. The topological polar surface area (TPSA) is 49.9 Å². The molecular weight excluding hydrogens is 299 g/mol. The molecule has 23 heavy (non-hydrogen) atoms. The number of amides is 2. The molecule has 0 spiro atoms. The van der Waals surface area contributed by atoms with Crippen molar-refractivity contribution in [3.05, 3.63) is 35.4 Å². The molecule has 2 saturated heterocycles. The molecule has 0 bridgehead atoms. The lowest BCUT2D eigenvalue weighted by Gasteiger charge is -2.32. The number of carbonyl (C=O) groups excluding carboxylic acids is 2. The van der Waals surface area contributed by atoms with Gasteiger partial charge in [-0.1, -0.05) is 17.7 Å². The predicted molar refractivity (Wildman–Crippen MR) is 82.9 cm³/mol. The van der Waals surface area contributed by atoms with Gasteiger partial charge in [-0.2, -0.15) is 0 Å². The average Bonchev–Trinajstić information content (AvgIpc) is 2.96. The highest BCUT2D eigenvalue weighted by Gasteiger charge is 2.42. The zero-order valence-corrected chi connectivity index (χ0v) is 13.2. The van der Waals surface area contributed by atoms with Crippen molar-refractivity contribution in [2.24, 2.45) is 0 Å². The molecule has 0 saturated carbocycles. The number of hydrogen-bond acceptors (Lipinski definition) is 3. The summed E-state index contributed by atoms with van der Waals surface area (Å²) in [5, 5.41) is 0. The van der Waals surface area contributed by atoms with Crippen LogP contribution in [0.5, 0.6) is 0 Å². The van der Waals surface area contributed by atoms with Crippen molar-refractivity contribution in [3.8, 4) is 0 Å². The average molecular weight is 320 g/mol. The van der Waals surface area contributed by atoms with Gasteiger partial charge in [0.25, 0.3) is 5.91 Å². The minimum absolute atomic E-state index is 0.0203. The Morgan fingerprint density at radius 3 is 2.70 bits per heavy atom. The maximum Gasteiger partial charge on any atom is 0.254 e. The molecule has 2 heterocycles. The quantitative estimate of drug-likeness (QED) is 0.828. The zero-order chi connectivity index (χ0) is 16.4. The number of alkyl halides is 1. The van der Waals surface area contributed by atoms with E-state index in [-0.39, 0.29) is 24.8 Å². The fourth-order valence-electron chi connectivity index (χ4n) is 3.18. The largest absolute Gasteiger partial charge is 0.378 e. The van der Waals surface area contributed by atoms with Crippen LogP contribution in [0.15, 0.2) is 24.3 Å². The van der Waals surface area contributed by atoms with Gasteiger partial charge in [0.1, 0.15) is 12.2 Å². The highest BCUT2D eigenvalue weighted by Crippen LogP contribution is 2.25. The molecule has 2 amide bonds. The van der Waals surface area contributed by atoms with Gasteiger partial charge in [0.15, 0.2) is 0 Å². The number of carbonyl (C=O) groups is 2. The summed E-state index contributed by atoms with van der Waals surface area (Å²) >= 11 is 0. The van der Waals surface area contributed by atoms with E-state index >= 15 is 0 Å². The summed E-state index contributed by atoms with van der Waals surface area (Å²) < 4.78 is 19.2. The molecule has 1 aromatic rings. The second-order valence-electron chi connectivity index (χ2n) is 6.11. The van der Waals surface area contributed by atoms with Gasteiger partial charge in [-0.25, -0.2) is 4.39 Å². The summed E-state index contributed by atoms with van der Waals surface area (Å²) in [6.45, 7) is 3.85. The third kappa shape index (κ3) is 3.37. The normalized spacial score (nSPS) is 24.8. The monoisotopic (exact) mass is 320 g/mol. The summed E-state index contributed by atoms with van der Waals surface area (Å²) in [5.41, 5.74) is 1.46. The van der Waals surface area contributed by atoms with Gasteiger partial charge in [0, 0.05) is 25.1 Å². The Morgan fingerprint density at radius 2 is 2.00 bits per heavy atom. The first kappa shape index (κ1) is 15.9. The van der Waals surface area contributed by atoms with Crippen LogP contribution in [0.2, 0.25) is 0 Å². The smallest absolute Gasteiger partial charge is 0.254 e. The van der Waals surface area contributed by atoms with Crippen molar-refractivity contribution in [3.63, 3.8) is 0 Å². The minimum Gasteiger partial charge on any atom is -0.378 e. The Labute approximate surface area is 135 Å². The summed E-state index contributed by atoms with van der Waals surface area (Å²) in [7, 11) is 0. The van der Waals surface area contributed by atoms with E-state index < -0.39 is 12.2 Å². The van der Waals surface area contributed by atoms with E-state index in [9.17, 15) is 14.0 Å². The first-order valence-corrected chi connectivity index (χ1v) is 7.94. The molecule has 6 heteroatoms. The molecule has 0 radical (unpaired) electrons. The van der Waals surface area contributed by atoms with E-state index in [1.54, 1.807) is 23.1 Å².